The zero-order chi connectivity index (χ0) is 14.6. The van der Waals surface area contributed by atoms with Crippen molar-refractivity contribution in [2.75, 3.05) is 27.3 Å². The van der Waals surface area contributed by atoms with E-state index in [4.69, 9.17) is 15.2 Å². The lowest BCUT2D eigenvalue weighted by Gasteiger charge is -2.46. The Kier molecular flexibility index (Phi) is 5.02. The van der Waals surface area contributed by atoms with Crippen LogP contribution in [-0.4, -0.2) is 43.9 Å². The number of ether oxygens (including phenoxy) is 2. The number of nitrogens with zero attached hydrogens (tertiary/aromatic N) is 1. The Morgan fingerprint density at radius 2 is 2.30 bits per heavy atom. The van der Waals surface area contributed by atoms with Crippen molar-refractivity contribution in [1.82, 2.24) is 4.90 Å². The lowest BCUT2D eigenvalue weighted by atomic mass is 9.85. The number of benzene rings is 1. The highest BCUT2D eigenvalue weighted by atomic mass is 16.5. The van der Waals surface area contributed by atoms with Crippen molar-refractivity contribution in [3.63, 3.8) is 0 Å². The largest absolute Gasteiger partial charge is 0.497 e. The second-order valence-electron chi connectivity index (χ2n) is 5.77. The quantitative estimate of drug-likeness (QED) is 0.895. The van der Waals surface area contributed by atoms with Crippen LogP contribution in [0.5, 0.6) is 5.75 Å². The molecule has 1 fully saturated rings. The summed E-state index contributed by atoms with van der Waals surface area (Å²) in [7, 11) is 3.86. The lowest BCUT2D eigenvalue weighted by molar-refractivity contribution is -0.0584. The van der Waals surface area contributed by atoms with Crippen LogP contribution in [0.3, 0.4) is 0 Å². The number of methoxy groups -OCH3 is 1. The average molecular weight is 278 g/mol. The summed E-state index contributed by atoms with van der Waals surface area (Å²) in [4.78, 5) is 2.38. The van der Waals surface area contributed by atoms with Crippen molar-refractivity contribution >= 4 is 0 Å². The Bertz CT molecular complexity index is 438. The summed E-state index contributed by atoms with van der Waals surface area (Å²) in [5.74, 6) is 0.901. The first-order valence-corrected chi connectivity index (χ1v) is 7.25. The maximum Gasteiger partial charge on any atom is 0.119 e. The molecule has 1 aliphatic heterocycles. The number of hydrogen-bond donors (Lipinski definition) is 1. The van der Waals surface area contributed by atoms with Gasteiger partial charge in [-0.1, -0.05) is 12.1 Å². The van der Waals surface area contributed by atoms with E-state index in [2.05, 4.69) is 31.0 Å². The first kappa shape index (κ1) is 15.3. The molecule has 1 aromatic carbocycles. The molecule has 112 valence electrons. The number of nitrogens with two attached hydrogens (primary N) is 1. The van der Waals surface area contributed by atoms with Gasteiger partial charge < -0.3 is 15.2 Å². The van der Waals surface area contributed by atoms with Crippen LogP contribution in [0.1, 0.15) is 25.3 Å². The van der Waals surface area contributed by atoms with E-state index in [0.29, 0.717) is 6.54 Å². The van der Waals surface area contributed by atoms with E-state index in [9.17, 15) is 0 Å². The Balaban J connectivity index is 2.10. The molecule has 0 aromatic heterocycles. The van der Waals surface area contributed by atoms with E-state index < -0.39 is 0 Å². The highest BCUT2D eigenvalue weighted by molar-refractivity contribution is 5.28. The predicted octanol–water partition coefficient (Wildman–Crippen LogP) is 2.02. The zero-order valence-electron chi connectivity index (χ0n) is 12.8. The fraction of sp³-hybridized carbons (Fsp3) is 0.625. The lowest BCUT2D eigenvalue weighted by Crippen LogP contribution is -2.56. The minimum absolute atomic E-state index is 0.0424. The first-order valence-electron chi connectivity index (χ1n) is 7.25. The summed E-state index contributed by atoms with van der Waals surface area (Å²) in [6, 6.07) is 8.22. The van der Waals surface area contributed by atoms with Gasteiger partial charge in [-0.15, -0.1) is 0 Å². The standard InChI is InChI=1S/C16H26N2O2/c1-13-10-16(12-17,7-8-20-13)18(2)11-14-5-4-6-15(9-14)19-3/h4-6,9,13H,7-8,10-12,17H2,1-3H3. The normalized spacial score (nSPS) is 26.8. The summed E-state index contributed by atoms with van der Waals surface area (Å²) in [5.41, 5.74) is 7.38. The monoisotopic (exact) mass is 278 g/mol. The van der Waals surface area contributed by atoms with Crippen molar-refractivity contribution in [2.24, 2.45) is 5.73 Å². The van der Waals surface area contributed by atoms with Crippen molar-refractivity contribution in [3.05, 3.63) is 29.8 Å². The van der Waals surface area contributed by atoms with Gasteiger partial charge in [-0.05, 0) is 44.5 Å². The molecule has 4 heteroatoms. The number of hydrogen-bond acceptors (Lipinski definition) is 4. The van der Waals surface area contributed by atoms with Crippen LogP contribution in [0.25, 0.3) is 0 Å². The van der Waals surface area contributed by atoms with Gasteiger partial charge in [0.15, 0.2) is 0 Å². The highest BCUT2D eigenvalue weighted by Gasteiger charge is 2.37. The molecular weight excluding hydrogens is 252 g/mol. The van der Waals surface area contributed by atoms with Crippen LogP contribution in [0.4, 0.5) is 0 Å². The van der Waals surface area contributed by atoms with Crippen LogP contribution >= 0.6 is 0 Å². The number of rotatable bonds is 5. The molecule has 2 N–H and O–H groups in total. The molecular formula is C16H26N2O2. The van der Waals surface area contributed by atoms with Crippen LogP contribution in [0.2, 0.25) is 0 Å². The Morgan fingerprint density at radius 1 is 1.50 bits per heavy atom. The smallest absolute Gasteiger partial charge is 0.119 e. The summed E-state index contributed by atoms with van der Waals surface area (Å²) >= 11 is 0. The zero-order valence-corrected chi connectivity index (χ0v) is 12.8. The van der Waals surface area contributed by atoms with Crippen LogP contribution in [0.15, 0.2) is 24.3 Å². The molecule has 0 spiro atoms. The molecule has 0 aliphatic carbocycles. The highest BCUT2D eigenvalue weighted by Crippen LogP contribution is 2.30. The van der Waals surface area contributed by atoms with E-state index >= 15 is 0 Å². The van der Waals surface area contributed by atoms with E-state index in [1.807, 2.05) is 12.1 Å². The molecule has 0 radical (unpaired) electrons. The van der Waals surface area contributed by atoms with Crippen LogP contribution in [0, 0.1) is 0 Å². The fourth-order valence-corrected chi connectivity index (χ4v) is 3.05. The molecule has 20 heavy (non-hydrogen) atoms. The van der Waals surface area contributed by atoms with Crippen LogP contribution in [-0.2, 0) is 11.3 Å². The van der Waals surface area contributed by atoms with Gasteiger partial charge in [-0.25, -0.2) is 0 Å². The minimum Gasteiger partial charge on any atom is -0.497 e. The Hall–Kier alpha value is -1.10. The molecule has 1 aliphatic rings. The third-order valence-corrected chi connectivity index (χ3v) is 4.38. The van der Waals surface area contributed by atoms with E-state index in [1.54, 1.807) is 7.11 Å². The molecule has 2 atom stereocenters. The maximum absolute atomic E-state index is 6.09. The van der Waals surface area contributed by atoms with Gasteiger partial charge in [0.25, 0.3) is 0 Å². The van der Waals surface area contributed by atoms with E-state index in [1.165, 1.54) is 5.56 Å². The SMILES string of the molecule is COc1cccc(CN(C)C2(CN)CCOC(C)C2)c1. The molecule has 0 amide bonds. The van der Waals surface area contributed by atoms with Gasteiger partial charge in [0.1, 0.15) is 5.75 Å². The number of likely N-dealkylation sites (N-methyl/N-ethyl adjacent to an activating group) is 1. The molecule has 4 nitrogen and oxygen atoms in total. The van der Waals surface area contributed by atoms with Crippen molar-refractivity contribution in [2.45, 2.75) is 38.0 Å². The second kappa shape index (κ2) is 6.57. The third-order valence-electron chi connectivity index (χ3n) is 4.38. The van der Waals surface area contributed by atoms with Gasteiger partial charge >= 0.3 is 0 Å². The summed E-state index contributed by atoms with van der Waals surface area (Å²) < 4.78 is 11.0. The Labute approximate surface area is 121 Å². The molecule has 0 bridgehead atoms. The molecule has 2 rings (SSSR count). The molecule has 0 saturated carbocycles. The molecule has 2 unspecified atom stereocenters. The first-order chi connectivity index (χ1) is 9.59. The van der Waals surface area contributed by atoms with E-state index in [0.717, 1.165) is 31.7 Å². The van der Waals surface area contributed by atoms with Crippen molar-refractivity contribution in [1.29, 1.82) is 0 Å². The van der Waals surface area contributed by atoms with Crippen LogP contribution < -0.4 is 10.5 Å². The predicted molar refractivity (Wildman–Crippen MR) is 80.9 cm³/mol. The van der Waals surface area contributed by atoms with Crippen molar-refractivity contribution in [3.8, 4) is 5.75 Å². The topological polar surface area (TPSA) is 47.7 Å². The average Bonchev–Trinajstić information content (AvgIpc) is 2.47. The van der Waals surface area contributed by atoms with Gasteiger partial charge in [-0.3, -0.25) is 4.90 Å². The fourth-order valence-electron chi connectivity index (χ4n) is 3.05. The molecule has 1 heterocycles. The maximum atomic E-state index is 6.09. The van der Waals surface area contributed by atoms with Gasteiger partial charge in [0.2, 0.25) is 0 Å². The summed E-state index contributed by atoms with van der Waals surface area (Å²) in [6.07, 6.45) is 2.26. The van der Waals surface area contributed by atoms with Crippen molar-refractivity contribution < 1.29 is 9.47 Å². The van der Waals surface area contributed by atoms with Gasteiger partial charge in [0.05, 0.1) is 13.2 Å². The van der Waals surface area contributed by atoms with Gasteiger partial charge in [0, 0.05) is 25.2 Å². The second-order valence-corrected chi connectivity index (χ2v) is 5.77. The van der Waals surface area contributed by atoms with E-state index in [-0.39, 0.29) is 11.6 Å². The third kappa shape index (κ3) is 3.32. The van der Waals surface area contributed by atoms with Gasteiger partial charge in [-0.2, -0.15) is 0 Å². The molecule has 1 aromatic rings. The Morgan fingerprint density at radius 3 is 2.95 bits per heavy atom. The summed E-state index contributed by atoms with van der Waals surface area (Å²) in [5, 5.41) is 0. The summed E-state index contributed by atoms with van der Waals surface area (Å²) in [6.45, 7) is 4.46. The minimum atomic E-state index is 0.0424. The molecule has 1 saturated heterocycles.